The van der Waals surface area contributed by atoms with E-state index in [1.54, 1.807) is 12.1 Å². The number of thioether (sulfide) groups is 1. The molecule has 0 bridgehead atoms. The number of hydrogen-bond donors (Lipinski definition) is 0. The highest BCUT2D eigenvalue weighted by Crippen LogP contribution is 2.27. The fraction of sp³-hybridized carbons (Fsp3) is 0.550. The summed E-state index contributed by atoms with van der Waals surface area (Å²) in [5.74, 6) is 0.948. The Morgan fingerprint density at radius 3 is 2.39 bits per heavy atom. The first kappa shape index (κ1) is 20.8. The van der Waals surface area contributed by atoms with Crippen molar-refractivity contribution in [1.82, 2.24) is 24.6 Å². The molecule has 8 heteroatoms. The third-order valence-electron chi connectivity index (χ3n) is 5.17. The van der Waals surface area contributed by atoms with Crippen molar-refractivity contribution in [3.8, 4) is 5.69 Å². The first-order chi connectivity index (χ1) is 13.5. The molecule has 1 aliphatic rings. The van der Waals surface area contributed by atoms with Crippen LogP contribution < -0.4 is 0 Å². The molecule has 1 aromatic heterocycles. The highest BCUT2D eigenvalue weighted by atomic mass is 32.2. The van der Waals surface area contributed by atoms with E-state index in [1.807, 2.05) is 35.4 Å². The maximum atomic E-state index is 13.4. The minimum atomic E-state index is -0.287. The molecule has 1 fully saturated rings. The van der Waals surface area contributed by atoms with Crippen molar-refractivity contribution in [3.63, 3.8) is 0 Å². The molecule has 0 saturated carbocycles. The Labute approximate surface area is 170 Å². The van der Waals surface area contributed by atoms with E-state index in [-0.39, 0.29) is 17.8 Å². The number of nitrogens with zero attached hydrogens (tertiary/aromatic N) is 5. The summed E-state index contributed by atoms with van der Waals surface area (Å²) in [6.07, 6.45) is 4.54. The van der Waals surface area contributed by atoms with Gasteiger partial charge < -0.3 is 4.90 Å². The number of carbonyl (C=O) groups is 1. The second kappa shape index (κ2) is 9.52. The van der Waals surface area contributed by atoms with Gasteiger partial charge in [0.25, 0.3) is 0 Å². The average molecular weight is 406 g/mol. The molecular weight excluding hydrogens is 377 g/mol. The number of rotatable bonds is 6. The van der Waals surface area contributed by atoms with Crippen LogP contribution in [0.4, 0.5) is 4.39 Å². The summed E-state index contributed by atoms with van der Waals surface area (Å²) in [7, 11) is 3.95. The first-order valence-electron chi connectivity index (χ1n) is 9.75. The SMILES string of the molecule is C[C@H](c1nnc(SCC(=O)N2CCCCCC2)n1-c1ccc(F)cc1)N(C)C. The zero-order valence-corrected chi connectivity index (χ0v) is 17.6. The van der Waals surface area contributed by atoms with E-state index in [4.69, 9.17) is 0 Å². The summed E-state index contributed by atoms with van der Waals surface area (Å²) in [6, 6.07) is 6.30. The number of aromatic nitrogens is 3. The van der Waals surface area contributed by atoms with Gasteiger partial charge in [-0.2, -0.15) is 0 Å². The number of likely N-dealkylation sites (tertiary alicyclic amines) is 1. The molecule has 0 unspecified atom stereocenters. The van der Waals surface area contributed by atoms with Gasteiger partial charge in [-0.3, -0.25) is 14.3 Å². The van der Waals surface area contributed by atoms with Gasteiger partial charge in [0.05, 0.1) is 11.8 Å². The molecule has 28 heavy (non-hydrogen) atoms. The molecule has 0 aliphatic carbocycles. The van der Waals surface area contributed by atoms with Crippen molar-refractivity contribution >= 4 is 17.7 Å². The molecule has 0 radical (unpaired) electrons. The lowest BCUT2D eigenvalue weighted by Crippen LogP contribution is -2.33. The quantitative estimate of drug-likeness (QED) is 0.688. The zero-order chi connectivity index (χ0) is 20.1. The molecule has 0 N–H and O–H groups in total. The van der Waals surface area contributed by atoms with Gasteiger partial charge in [-0.25, -0.2) is 4.39 Å². The molecule has 3 rings (SSSR count). The van der Waals surface area contributed by atoms with Crippen LogP contribution in [0.1, 0.15) is 44.5 Å². The van der Waals surface area contributed by atoms with Crippen LogP contribution in [0.2, 0.25) is 0 Å². The molecule has 152 valence electrons. The van der Waals surface area contributed by atoms with Crippen molar-refractivity contribution in [2.24, 2.45) is 0 Å². The van der Waals surface area contributed by atoms with Gasteiger partial charge >= 0.3 is 0 Å². The van der Waals surface area contributed by atoms with Gasteiger partial charge in [-0.15, -0.1) is 10.2 Å². The van der Waals surface area contributed by atoms with Crippen molar-refractivity contribution in [2.45, 2.75) is 43.8 Å². The van der Waals surface area contributed by atoms with Gasteiger partial charge in [-0.1, -0.05) is 24.6 Å². The Balaban J connectivity index is 1.82. The van der Waals surface area contributed by atoms with Crippen LogP contribution in [0, 0.1) is 5.82 Å². The minimum absolute atomic E-state index is 0.0215. The largest absolute Gasteiger partial charge is 0.342 e. The lowest BCUT2D eigenvalue weighted by atomic mass is 10.2. The Kier molecular flexibility index (Phi) is 7.07. The van der Waals surface area contributed by atoms with E-state index in [0.717, 1.165) is 37.4 Å². The van der Waals surface area contributed by atoms with Gasteiger partial charge in [-0.05, 0) is 58.1 Å². The smallest absolute Gasteiger partial charge is 0.233 e. The third kappa shape index (κ3) is 4.91. The molecule has 1 aromatic carbocycles. The summed E-state index contributed by atoms with van der Waals surface area (Å²) < 4.78 is 15.3. The van der Waals surface area contributed by atoms with E-state index in [9.17, 15) is 9.18 Å². The fourth-order valence-electron chi connectivity index (χ4n) is 3.25. The highest BCUT2D eigenvalue weighted by molar-refractivity contribution is 7.99. The molecule has 2 aromatic rings. The molecule has 2 heterocycles. The molecule has 1 amide bonds. The summed E-state index contributed by atoms with van der Waals surface area (Å²) in [5.41, 5.74) is 0.792. The van der Waals surface area contributed by atoms with Crippen molar-refractivity contribution in [1.29, 1.82) is 0 Å². The second-order valence-corrected chi connectivity index (χ2v) is 8.32. The molecule has 1 aliphatic heterocycles. The predicted octanol–water partition coefficient (Wildman–Crippen LogP) is 3.52. The van der Waals surface area contributed by atoms with Gasteiger partial charge in [0, 0.05) is 18.8 Å². The Hall–Kier alpha value is -1.93. The van der Waals surface area contributed by atoms with Crippen LogP contribution in [-0.2, 0) is 4.79 Å². The van der Waals surface area contributed by atoms with E-state index in [2.05, 4.69) is 10.2 Å². The van der Waals surface area contributed by atoms with E-state index >= 15 is 0 Å². The zero-order valence-electron chi connectivity index (χ0n) is 16.8. The predicted molar refractivity (Wildman–Crippen MR) is 109 cm³/mol. The summed E-state index contributed by atoms with van der Waals surface area (Å²) >= 11 is 1.39. The fourth-order valence-corrected chi connectivity index (χ4v) is 4.11. The Morgan fingerprint density at radius 2 is 1.79 bits per heavy atom. The number of hydrogen-bond acceptors (Lipinski definition) is 5. The molecule has 1 atom stereocenters. The minimum Gasteiger partial charge on any atom is -0.342 e. The standard InChI is InChI=1S/C20H28FN5OS/c1-15(24(2)3)19-22-23-20(26(19)17-10-8-16(21)9-11-17)28-14-18(27)25-12-6-4-5-7-13-25/h8-11,15H,4-7,12-14H2,1-3H3/t15-/m1/s1. The lowest BCUT2D eigenvalue weighted by molar-refractivity contribution is -0.128. The maximum Gasteiger partial charge on any atom is 0.233 e. The normalized spacial score (nSPS) is 16.2. The number of halogens is 1. The van der Waals surface area contributed by atoms with Gasteiger partial charge in [0.2, 0.25) is 5.91 Å². The Bertz CT molecular complexity index is 784. The van der Waals surface area contributed by atoms with Gasteiger partial charge in [0.1, 0.15) is 5.82 Å². The van der Waals surface area contributed by atoms with Crippen LogP contribution in [0.15, 0.2) is 29.4 Å². The molecule has 1 saturated heterocycles. The van der Waals surface area contributed by atoms with E-state index in [1.165, 1.54) is 36.7 Å². The number of amides is 1. The highest BCUT2D eigenvalue weighted by Gasteiger charge is 2.23. The molecule has 6 nitrogen and oxygen atoms in total. The van der Waals surface area contributed by atoms with Crippen LogP contribution in [0.25, 0.3) is 5.69 Å². The average Bonchev–Trinajstić information content (AvgIpc) is 2.91. The lowest BCUT2D eigenvalue weighted by Gasteiger charge is -2.21. The van der Waals surface area contributed by atoms with Crippen LogP contribution in [-0.4, -0.2) is 63.4 Å². The third-order valence-corrected chi connectivity index (χ3v) is 6.09. The molecular formula is C20H28FN5OS. The Morgan fingerprint density at radius 1 is 1.14 bits per heavy atom. The van der Waals surface area contributed by atoms with Crippen molar-refractivity contribution in [3.05, 3.63) is 35.9 Å². The first-order valence-corrected chi connectivity index (χ1v) is 10.7. The summed E-state index contributed by atoms with van der Waals surface area (Å²) in [4.78, 5) is 16.7. The van der Waals surface area contributed by atoms with E-state index in [0.29, 0.717) is 10.9 Å². The van der Waals surface area contributed by atoms with Crippen molar-refractivity contribution < 1.29 is 9.18 Å². The molecule has 0 spiro atoms. The second-order valence-electron chi connectivity index (χ2n) is 7.38. The van der Waals surface area contributed by atoms with Crippen molar-refractivity contribution in [2.75, 3.05) is 32.9 Å². The topological polar surface area (TPSA) is 54.3 Å². The summed E-state index contributed by atoms with van der Waals surface area (Å²) in [5, 5.41) is 9.36. The van der Waals surface area contributed by atoms with E-state index < -0.39 is 0 Å². The monoisotopic (exact) mass is 405 g/mol. The van der Waals surface area contributed by atoms with Crippen LogP contribution >= 0.6 is 11.8 Å². The van der Waals surface area contributed by atoms with Crippen LogP contribution in [0.3, 0.4) is 0 Å². The number of benzene rings is 1. The van der Waals surface area contributed by atoms with Crippen LogP contribution in [0.5, 0.6) is 0 Å². The summed E-state index contributed by atoms with van der Waals surface area (Å²) in [6.45, 7) is 3.72. The van der Waals surface area contributed by atoms with Gasteiger partial charge in [0.15, 0.2) is 11.0 Å². The maximum absolute atomic E-state index is 13.4. The number of carbonyl (C=O) groups excluding carboxylic acids is 1.